The van der Waals surface area contributed by atoms with Crippen LogP contribution in [0.25, 0.3) is 0 Å². The van der Waals surface area contributed by atoms with Gasteiger partial charge in [0.1, 0.15) is 0 Å². The number of anilines is 1. The number of rotatable bonds is 4. The summed E-state index contributed by atoms with van der Waals surface area (Å²) in [5.74, 6) is 0. The van der Waals surface area contributed by atoms with Crippen molar-refractivity contribution in [1.29, 1.82) is 0 Å². The van der Waals surface area contributed by atoms with Crippen LogP contribution in [0.1, 0.15) is 5.56 Å². The second-order valence-corrected chi connectivity index (χ2v) is 4.79. The molecule has 1 heterocycles. The van der Waals surface area contributed by atoms with E-state index in [1.807, 2.05) is 12.1 Å². The highest BCUT2D eigenvalue weighted by molar-refractivity contribution is 5.55. The van der Waals surface area contributed by atoms with Crippen molar-refractivity contribution in [3.05, 3.63) is 33.9 Å². The number of nitro groups is 1. The first kappa shape index (κ1) is 13.8. The Morgan fingerprint density at radius 2 is 2.00 bits per heavy atom. The SMILES string of the molecule is COCc1cc(N2CCN(C)CC2)ccc1[N+](=O)[O-]. The van der Waals surface area contributed by atoms with Crippen LogP contribution in [0.15, 0.2) is 18.2 Å². The molecule has 0 amide bonds. The third kappa shape index (κ3) is 3.21. The topological polar surface area (TPSA) is 58.8 Å². The Bertz CT molecular complexity index is 456. The van der Waals surface area contributed by atoms with E-state index in [4.69, 9.17) is 4.74 Å². The zero-order chi connectivity index (χ0) is 13.8. The van der Waals surface area contributed by atoms with E-state index in [1.165, 1.54) is 0 Å². The van der Waals surface area contributed by atoms with Crippen LogP contribution in [-0.2, 0) is 11.3 Å². The minimum atomic E-state index is -0.359. The predicted octanol–water partition coefficient (Wildman–Crippen LogP) is 1.49. The predicted molar refractivity (Wildman–Crippen MR) is 73.5 cm³/mol. The number of piperazine rings is 1. The van der Waals surface area contributed by atoms with Gasteiger partial charge in [0.25, 0.3) is 5.69 Å². The molecule has 1 aliphatic heterocycles. The molecule has 6 nitrogen and oxygen atoms in total. The lowest BCUT2D eigenvalue weighted by Gasteiger charge is -2.34. The summed E-state index contributed by atoms with van der Waals surface area (Å²) < 4.78 is 5.05. The van der Waals surface area contributed by atoms with Crippen LogP contribution in [0, 0.1) is 10.1 Å². The van der Waals surface area contributed by atoms with Crippen molar-refractivity contribution in [1.82, 2.24) is 4.90 Å². The normalized spacial score (nSPS) is 16.6. The quantitative estimate of drug-likeness (QED) is 0.610. The maximum atomic E-state index is 11.0. The van der Waals surface area contributed by atoms with Crippen molar-refractivity contribution in [2.75, 3.05) is 45.2 Å². The molecule has 0 atom stereocenters. The van der Waals surface area contributed by atoms with E-state index in [9.17, 15) is 10.1 Å². The fraction of sp³-hybridized carbons (Fsp3) is 0.538. The first-order chi connectivity index (χ1) is 9.11. The average Bonchev–Trinajstić information content (AvgIpc) is 2.39. The second-order valence-electron chi connectivity index (χ2n) is 4.79. The summed E-state index contributed by atoms with van der Waals surface area (Å²) in [6.45, 7) is 4.17. The first-order valence-corrected chi connectivity index (χ1v) is 6.31. The molecule has 1 aromatic carbocycles. The Labute approximate surface area is 112 Å². The number of hydrogen-bond donors (Lipinski definition) is 0. The third-order valence-corrected chi connectivity index (χ3v) is 3.43. The maximum absolute atomic E-state index is 11.0. The van der Waals surface area contributed by atoms with E-state index in [0.717, 1.165) is 31.9 Å². The second kappa shape index (κ2) is 5.99. The summed E-state index contributed by atoms with van der Waals surface area (Å²) in [5, 5.41) is 11.0. The molecule has 0 spiro atoms. The molecule has 1 aliphatic rings. The molecule has 0 radical (unpaired) electrons. The molecule has 19 heavy (non-hydrogen) atoms. The minimum Gasteiger partial charge on any atom is -0.380 e. The van der Waals surface area contributed by atoms with Gasteiger partial charge in [-0.15, -0.1) is 0 Å². The van der Waals surface area contributed by atoms with E-state index in [2.05, 4.69) is 16.8 Å². The van der Waals surface area contributed by atoms with Gasteiger partial charge in [-0.1, -0.05) is 0 Å². The Kier molecular flexibility index (Phi) is 4.34. The van der Waals surface area contributed by atoms with Crippen molar-refractivity contribution in [3.63, 3.8) is 0 Å². The van der Waals surface area contributed by atoms with Crippen molar-refractivity contribution < 1.29 is 9.66 Å². The Morgan fingerprint density at radius 3 is 2.58 bits per heavy atom. The highest BCUT2D eigenvalue weighted by Crippen LogP contribution is 2.26. The van der Waals surface area contributed by atoms with Crippen molar-refractivity contribution in [2.24, 2.45) is 0 Å². The molecule has 0 aliphatic carbocycles. The lowest BCUT2D eigenvalue weighted by atomic mass is 10.1. The van der Waals surface area contributed by atoms with Crippen LogP contribution in [0.5, 0.6) is 0 Å². The fourth-order valence-electron chi connectivity index (χ4n) is 2.28. The van der Waals surface area contributed by atoms with E-state index < -0.39 is 0 Å². The fourth-order valence-corrected chi connectivity index (χ4v) is 2.28. The number of nitrogens with zero attached hydrogens (tertiary/aromatic N) is 3. The molecule has 0 bridgehead atoms. The Balaban J connectivity index is 2.22. The van der Waals surface area contributed by atoms with E-state index in [1.54, 1.807) is 13.2 Å². The van der Waals surface area contributed by atoms with Crippen LogP contribution in [0.4, 0.5) is 11.4 Å². The van der Waals surface area contributed by atoms with Gasteiger partial charge in [-0.2, -0.15) is 0 Å². The van der Waals surface area contributed by atoms with Crippen molar-refractivity contribution in [3.8, 4) is 0 Å². The van der Waals surface area contributed by atoms with Gasteiger partial charge in [0.05, 0.1) is 17.1 Å². The highest BCUT2D eigenvalue weighted by atomic mass is 16.6. The van der Waals surface area contributed by atoms with Gasteiger partial charge in [0.2, 0.25) is 0 Å². The molecular formula is C13H19N3O3. The van der Waals surface area contributed by atoms with Gasteiger partial charge in [-0.25, -0.2) is 0 Å². The molecule has 1 aromatic rings. The van der Waals surface area contributed by atoms with Crippen LogP contribution >= 0.6 is 0 Å². The number of likely N-dealkylation sites (N-methyl/N-ethyl adjacent to an activating group) is 1. The summed E-state index contributed by atoms with van der Waals surface area (Å²) in [4.78, 5) is 15.1. The largest absolute Gasteiger partial charge is 0.380 e. The molecule has 1 fully saturated rings. The molecular weight excluding hydrogens is 246 g/mol. The van der Waals surface area contributed by atoms with Gasteiger partial charge in [0, 0.05) is 45.0 Å². The Morgan fingerprint density at radius 1 is 1.32 bits per heavy atom. The molecule has 0 N–H and O–H groups in total. The summed E-state index contributed by atoms with van der Waals surface area (Å²) >= 11 is 0. The van der Waals surface area contributed by atoms with Gasteiger partial charge < -0.3 is 14.5 Å². The molecule has 0 aromatic heterocycles. The van der Waals surface area contributed by atoms with E-state index in [0.29, 0.717) is 5.56 Å². The van der Waals surface area contributed by atoms with Crippen molar-refractivity contribution >= 4 is 11.4 Å². The zero-order valence-electron chi connectivity index (χ0n) is 11.3. The number of nitro benzene ring substituents is 1. The van der Waals surface area contributed by atoms with Crippen LogP contribution < -0.4 is 4.90 Å². The van der Waals surface area contributed by atoms with E-state index in [-0.39, 0.29) is 17.2 Å². The summed E-state index contributed by atoms with van der Waals surface area (Å²) in [6.07, 6.45) is 0. The first-order valence-electron chi connectivity index (χ1n) is 6.31. The van der Waals surface area contributed by atoms with Crippen LogP contribution in [0.3, 0.4) is 0 Å². The molecule has 104 valence electrons. The molecule has 6 heteroatoms. The summed E-state index contributed by atoms with van der Waals surface area (Å²) in [5.41, 5.74) is 1.79. The lowest BCUT2D eigenvalue weighted by molar-refractivity contribution is -0.385. The van der Waals surface area contributed by atoms with Gasteiger partial charge in [-0.3, -0.25) is 10.1 Å². The standard InChI is InChI=1S/C13H19N3O3/c1-14-5-7-15(8-6-14)12-3-4-13(16(17)18)11(9-12)10-19-2/h3-4,9H,5-8,10H2,1-2H3. The van der Waals surface area contributed by atoms with E-state index >= 15 is 0 Å². The number of benzene rings is 1. The van der Waals surface area contributed by atoms with Crippen LogP contribution in [0.2, 0.25) is 0 Å². The Hall–Kier alpha value is -1.66. The molecule has 0 unspecified atom stereocenters. The monoisotopic (exact) mass is 265 g/mol. The summed E-state index contributed by atoms with van der Waals surface area (Å²) in [6, 6.07) is 5.26. The van der Waals surface area contributed by atoms with Crippen molar-refractivity contribution in [2.45, 2.75) is 6.61 Å². The number of hydrogen-bond acceptors (Lipinski definition) is 5. The summed E-state index contributed by atoms with van der Waals surface area (Å²) in [7, 11) is 3.65. The third-order valence-electron chi connectivity index (χ3n) is 3.43. The number of methoxy groups -OCH3 is 1. The molecule has 2 rings (SSSR count). The van der Waals surface area contributed by atoms with Crippen LogP contribution in [-0.4, -0.2) is 50.2 Å². The smallest absolute Gasteiger partial charge is 0.275 e. The van der Waals surface area contributed by atoms with Gasteiger partial charge in [0.15, 0.2) is 0 Å². The maximum Gasteiger partial charge on any atom is 0.275 e. The highest BCUT2D eigenvalue weighted by Gasteiger charge is 2.18. The van der Waals surface area contributed by atoms with Gasteiger partial charge >= 0.3 is 0 Å². The van der Waals surface area contributed by atoms with Gasteiger partial charge in [-0.05, 0) is 19.2 Å². The molecule has 0 saturated carbocycles. The lowest BCUT2D eigenvalue weighted by Crippen LogP contribution is -2.44. The minimum absolute atomic E-state index is 0.125. The molecule has 1 saturated heterocycles. The zero-order valence-corrected chi connectivity index (χ0v) is 11.3. The average molecular weight is 265 g/mol. The number of ether oxygens (including phenoxy) is 1.